The zero-order chi connectivity index (χ0) is 17.9. The molecule has 0 aliphatic carbocycles. The quantitative estimate of drug-likeness (QED) is 0.779. The Hall–Kier alpha value is -1.45. The molecule has 1 aromatic rings. The van der Waals surface area contributed by atoms with E-state index < -0.39 is 16.1 Å². The topological polar surface area (TPSA) is 102 Å². The molecule has 1 aliphatic heterocycles. The number of carbonyl (C=O) groups is 1. The summed E-state index contributed by atoms with van der Waals surface area (Å²) in [5.41, 5.74) is 0.270. The van der Waals surface area contributed by atoms with Crippen molar-refractivity contribution in [2.75, 3.05) is 19.7 Å². The summed E-state index contributed by atoms with van der Waals surface area (Å²) in [7, 11) is -3.88. The van der Waals surface area contributed by atoms with Crippen LogP contribution in [0.4, 0.5) is 0 Å². The molecule has 1 saturated heterocycles. The maximum absolute atomic E-state index is 12.6. The summed E-state index contributed by atoms with van der Waals surface area (Å²) in [5.74, 6) is -0.0744. The third-order valence-electron chi connectivity index (χ3n) is 4.08. The van der Waals surface area contributed by atoms with E-state index >= 15 is 0 Å². The van der Waals surface area contributed by atoms with Crippen molar-refractivity contribution < 1.29 is 22.5 Å². The zero-order valence-corrected chi connectivity index (χ0v) is 15.4. The molecule has 1 N–H and O–H groups in total. The Morgan fingerprint density at radius 2 is 2.17 bits per heavy atom. The number of amides is 1. The first-order valence-electron chi connectivity index (χ1n) is 8.11. The number of nitrogens with zero attached hydrogens (tertiary/aromatic N) is 2. The molecule has 2 heterocycles. The first kappa shape index (κ1) is 18.9. The number of hydrogen-bond donors (Lipinski definition) is 1. The van der Waals surface area contributed by atoms with Crippen LogP contribution in [0.5, 0.6) is 0 Å². The van der Waals surface area contributed by atoms with E-state index in [2.05, 4.69) is 9.88 Å². The largest absolute Gasteiger partial charge is 0.376 e. The summed E-state index contributed by atoms with van der Waals surface area (Å²) in [4.78, 5) is 14.2. The number of aromatic nitrogens is 1. The van der Waals surface area contributed by atoms with E-state index in [0.717, 1.165) is 12.8 Å². The molecular formula is C15H25N3O5S. The number of rotatable bonds is 7. The van der Waals surface area contributed by atoms with Gasteiger partial charge in [0.15, 0.2) is 5.76 Å². The monoisotopic (exact) mass is 359 g/mol. The molecule has 0 spiro atoms. The number of nitrogens with one attached hydrogen (secondary N) is 1. The van der Waals surface area contributed by atoms with Gasteiger partial charge in [-0.1, -0.05) is 5.16 Å². The highest BCUT2D eigenvalue weighted by molar-refractivity contribution is 7.89. The molecular weight excluding hydrogens is 334 g/mol. The number of sulfonamides is 1. The van der Waals surface area contributed by atoms with Gasteiger partial charge in [0.2, 0.25) is 15.9 Å². The number of aryl methyl sites for hydroxylation is 2. The lowest BCUT2D eigenvalue weighted by Crippen LogP contribution is -2.48. The van der Waals surface area contributed by atoms with E-state index in [1.807, 2.05) is 6.92 Å². The molecule has 0 bridgehead atoms. The Morgan fingerprint density at radius 1 is 1.46 bits per heavy atom. The van der Waals surface area contributed by atoms with Crippen LogP contribution in [-0.4, -0.2) is 56.2 Å². The van der Waals surface area contributed by atoms with E-state index in [-0.39, 0.29) is 28.4 Å². The molecule has 0 radical (unpaired) electrons. The van der Waals surface area contributed by atoms with Crippen LogP contribution in [0.15, 0.2) is 9.42 Å². The van der Waals surface area contributed by atoms with Crippen LogP contribution in [0, 0.1) is 13.8 Å². The Bertz CT molecular complexity index is 660. The first-order chi connectivity index (χ1) is 11.3. The Kier molecular flexibility index (Phi) is 6.00. The Balaban J connectivity index is 2.06. The zero-order valence-electron chi connectivity index (χ0n) is 14.5. The molecule has 2 rings (SSSR count). The number of hydrogen-bond acceptors (Lipinski definition) is 6. The molecule has 2 atom stereocenters. The van der Waals surface area contributed by atoms with Crippen molar-refractivity contribution in [2.24, 2.45) is 0 Å². The standard InChI is InChI=1S/C15H25N3O5S/c1-5-18(9-13-7-6-8-22-13)15(19)11(3)17-24(20,21)14-10(2)16-23-12(14)4/h11,13,17H,5-9H2,1-4H3/t11-,13?/m0/s1. The lowest BCUT2D eigenvalue weighted by atomic mass is 10.2. The van der Waals surface area contributed by atoms with E-state index in [1.54, 1.807) is 11.8 Å². The maximum atomic E-state index is 12.6. The predicted octanol–water partition coefficient (Wildman–Crippen LogP) is 0.986. The molecule has 1 unspecified atom stereocenters. The fourth-order valence-corrected chi connectivity index (χ4v) is 4.41. The molecule has 0 aromatic carbocycles. The normalized spacial score (nSPS) is 19.4. The molecule has 1 amide bonds. The predicted molar refractivity (Wildman–Crippen MR) is 87.0 cm³/mol. The maximum Gasteiger partial charge on any atom is 0.246 e. The lowest BCUT2D eigenvalue weighted by Gasteiger charge is -2.27. The van der Waals surface area contributed by atoms with Gasteiger partial charge in [0.05, 0.1) is 12.1 Å². The number of carbonyl (C=O) groups excluding carboxylic acids is 1. The molecule has 9 heteroatoms. The highest BCUT2D eigenvalue weighted by atomic mass is 32.2. The van der Waals surface area contributed by atoms with Crippen LogP contribution in [0.3, 0.4) is 0 Å². The Morgan fingerprint density at radius 3 is 2.67 bits per heavy atom. The van der Waals surface area contributed by atoms with Crippen LogP contribution in [0.2, 0.25) is 0 Å². The second kappa shape index (κ2) is 7.62. The van der Waals surface area contributed by atoms with Gasteiger partial charge in [-0.2, -0.15) is 4.72 Å². The third kappa shape index (κ3) is 4.14. The van der Waals surface area contributed by atoms with E-state index in [0.29, 0.717) is 19.7 Å². The summed E-state index contributed by atoms with van der Waals surface area (Å²) in [6.07, 6.45) is 1.94. The van der Waals surface area contributed by atoms with Crippen LogP contribution < -0.4 is 4.72 Å². The van der Waals surface area contributed by atoms with Crippen LogP contribution in [0.25, 0.3) is 0 Å². The molecule has 1 aromatic heterocycles. The average Bonchev–Trinajstić information content (AvgIpc) is 3.13. The first-order valence-corrected chi connectivity index (χ1v) is 9.60. The molecule has 136 valence electrons. The summed E-state index contributed by atoms with van der Waals surface area (Å²) in [6.45, 7) is 8.16. The van der Waals surface area contributed by atoms with Gasteiger partial charge in [-0.15, -0.1) is 0 Å². The van der Waals surface area contributed by atoms with Gasteiger partial charge in [-0.3, -0.25) is 4.79 Å². The third-order valence-corrected chi connectivity index (χ3v) is 5.86. The summed E-state index contributed by atoms with van der Waals surface area (Å²) in [5, 5.41) is 3.65. The van der Waals surface area contributed by atoms with Crippen molar-refractivity contribution in [3.8, 4) is 0 Å². The van der Waals surface area contributed by atoms with Gasteiger partial charge < -0.3 is 14.2 Å². The van der Waals surface area contributed by atoms with Crippen molar-refractivity contribution >= 4 is 15.9 Å². The van der Waals surface area contributed by atoms with E-state index in [9.17, 15) is 13.2 Å². The SMILES string of the molecule is CCN(CC1CCCO1)C(=O)[C@H](C)NS(=O)(=O)c1c(C)noc1C. The molecule has 0 saturated carbocycles. The minimum Gasteiger partial charge on any atom is -0.376 e. The second-order valence-corrected chi connectivity index (χ2v) is 7.66. The fourth-order valence-electron chi connectivity index (χ4n) is 2.88. The van der Waals surface area contributed by atoms with Gasteiger partial charge in [-0.25, -0.2) is 8.42 Å². The lowest BCUT2D eigenvalue weighted by molar-refractivity contribution is -0.133. The summed E-state index contributed by atoms with van der Waals surface area (Å²) >= 11 is 0. The highest BCUT2D eigenvalue weighted by Gasteiger charge is 2.30. The molecule has 1 aliphatic rings. The van der Waals surface area contributed by atoms with E-state index in [1.165, 1.54) is 13.8 Å². The summed E-state index contributed by atoms with van der Waals surface area (Å²) in [6, 6.07) is -0.884. The van der Waals surface area contributed by atoms with Crippen molar-refractivity contribution in [1.29, 1.82) is 0 Å². The van der Waals surface area contributed by atoms with Gasteiger partial charge in [0.1, 0.15) is 10.6 Å². The van der Waals surface area contributed by atoms with Crippen LogP contribution >= 0.6 is 0 Å². The van der Waals surface area contributed by atoms with Gasteiger partial charge in [0.25, 0.3) is 0 Å². The highest BCUT2D eigenvalue weighted by Crippen LogP contribution is 2.19. The second-order valence-electron chi connectivity index (χ2n) is 6.01. The van der Waals surface area contributed by atoms with Crippen molar-refractivity contribution in [1.82, 2.24) is 14.8 Å². The average molecular weight is 359 g/mol. The van der Waals surface area contributed by atoms with Gasteiger partial charge in [0, 0.05) is 19.7 Å². The van der Waals surface area contributed by atoms with E-state index in [4.69, 9.17) is 9.26 Å². The van der Waals surface area contributed by atoms with Crippen molar-refractivity contribution in [2.45, 2.75) is 57.6 Å². The van der Waals surface area contributed by atoms with Crippen molar-refractivity contribution in [3.63, 3.8) is 0 Å². The Labute approximate surface area is 142 Å². The van der Waals surface area contributed by atoms with Crippen LogP contribution in [0.1, 0.15) is 38.1 Å². The number of likely N-dealkylation sites (N-methyl/N-ethyl adjacent to an activating group) is 1. The van der Waals surface area contributed by atoms with Gasteiger partial charge >= 0.3 is 0 Å². The fraction of sp³-hybridized carbons (Fsp3) is 0.733. The van der Waals surface area contributed by atoms with Gasteiger partial charge in [-0.05, 0) is 40.5 Å². The van der Waals surface area contributed by atoms with Crippen molar-refractivity contribution in [3.05, 3.63) is 11.5 Å². The minimum atomic E-state index is -3.88. The molecule has 1 fully saturated rings. The smallest absolute Gasteiger partial charge is 0.246 e. The number of ether oxygens (including phenoxy) is 1. The minimum absolute atomic E-state index is 0.00988. The summed E-state index contributed by atoms with van der Waals surface area (Å²) < 4.78 is 37.9. The molecule has 24 heavy (non-hydrogen) atoms. The van der Waals surface area contributed by atoms with Crippen LogP contribution in [-0.2, 0) is 19.6 Å². The molecule has 8 nitrogen and oxygen atoms in total.